The van der Waals surface area contributed by atoms with Crippen LogP contribution in [0.25, 0.3) is 5.69 Å². The number of methoxy groups -OCH3 is 1. The van der Waals surface area contributed by atoms with Crippen LogP contribution >= 0.6 is 0 Å². The second kappa shape index (κ2) is 10.8. The van der Waals surface area contributed by atoms with Crippen molar-refractivity contribution in [3.8, 4) is 5.69 Å². The molecule has 0 bridgehead atoms. The predicted octanol–water partition coefficient (Wildman–Crippen LogP) is 2.47. The van der Waals surface area contributed by atoms with Crippen molar-refractivity contribution in [2.75, 3.05) is 40.5 Å². The van der Waals surface area contributed by atoms with Gasteiger partial charge in [0.05, 0.1) is 11.8 Å². The van der Waals surface area contributed by atoms with Crippen molar-refractivity contribution in [3.05, 3.63) is 48.3 Å². The number of rotatable bonds is 8. The number of piperidine rings is 1. The van der Waals surface area contributed by atoms with Crippen LogP contribution in [0.2, 0.25) is 0 Å². The van der Waals surface area contributed by atoms with Crippen LogP contribution < -0.4 is 5.32 Å². The summed E-state index contributed by atoms with van der Waals surface area (Å²) in [4.78, 5) is 6.79. The van der Waals surface area contributed by atoms with Gasteiger partial charge in [-0.25, -0.2) is 4.68 Å². The molecule has 2 heterocycles. The number of aromatic nitrogens is 2. The zero-order valence-corrected chi connectivity index (χ0v) is 16.9. The Balaban J connectivity index is 1.50. The molecule has 0 aliphatic carbocycles. The van der Waals surface area contributed by atoms with Gasteiger partial charge in [-0.15, -0.1) is 0 Å². The molecule has 152 valence electrons. The zero-order chi connectivity index (χ0) is 19.6. The highest BCUT2D eigenvalue weighted by atomic mass is 16.5. The summed E-state index contributed by atoms with van der Waals surface area (Å²) >= 11 is 0. The van der Waals surface area contributed by atoms with Gasteiger partial charge in [-0.1, -0.05) is 18.2 Å². The maximum absolute atomic E-state index is 5.96. The molecule has 2 aromatic rings. The van der Waals surface area contributed by atoms with Crippen LogP contribution in [0, 0.1) is 0 Å². The molecule has 1 fully saturated rings. The lowest BCUT2D eigenvalue weighted by Gasteiger charge is -2.34. The van der Waals surface area contributed by atoms with E-state index in [1.165, 1.54) is 5.56 Å². The van der Waals surface area contributed by atoms with Crippen LogP contribution in [0.4, 0.5) is 0 Å². The summed E-state index contributed by atoms with van der Waals surface area (Å²) in [5.74, 6) is 0.938. The Labute approximate surface area is 167 Å². The van der Waals surface area contributed by atoms with Crippen LogP contribution in [-0.4, -0.2) is 67.2 Å². The number of aliphatic imine (C=N–C) groups is 1. The Morgan fingerprint density at radius 2 is 2.04 bits per heavy atom. The summed E-state index contributed by atoms with van der Waals surface area (Å²) in [6.45, 7) is 4.14. The lowest BCUT2D eigenvalue weighted by molar-refractivity contribution is 0.00990. The number of likely N-dealkylation sites (tertiary alicyclic amines) is 1. The zero-order valence-electron chi connectivity index (χ0n) is 16.9. The summed E-state index contributed by atoms with van der Waals surface area (Å²) in [5, 5.41) is 7.87. The summed E-state index contributed by atoms with van der Waals surface area (Å²) in [6.07, 6.45) is 7.10. The SMILES string of the molecule is CN=C(NCc1ccccc1-n1cccn1)N1CCC(OCCCOC)CC1. The van der Waals surface area contributed by atoms with E-state index in [9.17, 15) is 0 Å². The van der Waals surface area contributed by atoms with Gasteiger partial charge in [-0.2, -0.15) is 5.10 Å². The van der Waals surface area contributed by atoms with E-state index in [-0.39, 0.29) is 0 Å². The van der Waals surface area contributed by atoms with E-state index in [1.54, 1.807) is 13.3 Å². The molecule has 0 atom stereocenters. The maximum Gasteiger partial charge on any atom is 0.193 e. The number of nitrogens with one attached hydrogen (secondary N) is 1. The molecule has 1 aromatic carbocycles. The molecule has 0 unspecified atom stereocenters. The molecular weight excluding hydrogens is 354 g/mol. The highest BCUT2D eigenvalue weighted by Gasteiger charge is 2.22. The third kappa shape index (κ3) is 5.56. The van der Waals surface area contributed by atoms with E-state index in [4.69, 9.17) is 9.47 Å². The smallest absolute Gasteiger partial charge is 0.193 e. The van der Waals surface area contributed by atoms with E-state index >= 15 is 0 Å². The molecule has 0 spiro atoms. The maximum atomic E-state index is 5.96. The van der Waals surface area contributed by atoms with Crippen molar-refractivity contribution >= 4 is 5.96 Å². The van der Waals surface area contributed by atoms with Gasteiger partial charge in [-0.05, 0) is 37.0 Å². The average Bonchev–Trinajstić information content (AvgIpc) is 3.28. The number of guanidine groups is 1. The Morgan fingerprint density at radius 1 is 1.21 bits per heavy atom. The van der Waals surface area contributed by atoms with Gasteiger partial charge in [0.1, 0.15) is 0 Å². The average molecular weight is 386 g/mol. The first-order valence-corrected chi connectivity index (χ1v) is 9.96. The summed E-state index contributed by atoms with van der Waals surface area (Å²) in [6, 6.07) is 10.2. The van der Waals surface area contributed by atoms with Crippen molar-refractivity contribution in [1.82, 2.24) is 20.0 Å². The molecule has 0 amide bonds. The van der Waals surface area contributed by atoms with E-state index in [0.717, 1.165) is 57.2 Å². The van der Waals surface area contributed by atoms with Crippen molar-refractivity contribution in [2.24, 2.45) is 4.99 Å². The molecule has 1 aliphatic rings. The first-order chi connectivity index (χ1) is 13.8. The van der Waals surface area contributed by atoms with Crippen LogP contribution in [0.1, 0.15) is 24.8 Å². The lowest BCUT2D eigenvalue weighted by atomic mass is 10.1. The fraction of sp³-hybridized carbons (Fsp3) is 0.524. The molecule has 0 saturated carbocycles. The van der Waals surface area contributed by atoms with Crippen LogP contribution in [0.3, 0.4) is 0 Å². The second-order valence-corrected chi connectivity index (χ2v) is 6.88. The Bertz CT molecular complexity index is 724. The van der Waals surface area contributed by atoms with Gasteiger partial charge in [0.15, 0.2) is 5.96 Å². The van der Waals surface area contributed by atoms with E-state index in [2.05, 4.69) is 38.5 Å². The van der Waals surface area contributed by atoms with Crippen molar-refractivity contribution in [2.45, 2.75) is 31.9 Å². The van der Waals surface area contributed by atoms with Gasteiger partial charge in [0.2, 0.25) is 0 Å². The molecule has 7 nitrogen and oxygen atoms in total. The minimum Gasteiger partial charge on any atom is -0.385 e. The third-order valence-corrected chi connectivity index (χ3v) is 4.98. The number of nitrogens with zero attached hydrogens (tertiary/aromatic N) is 4. The molecule has 3 rings (SSSR count). The highest BCUT2D eigenvalue weighted by molar-refractivity contribution is 5.80. The quantitative estimate of drug-likeness (QED) is 0.430. The van der Waals surface area contributed by atoms with Gasteiger partial charge < -0.3 is 19.7 Å². The topological polar surface area (TPSA) is 63.9 Å². The normalized spacial score (nSPS) is 15.8. The number of benzene rings is 1. The Hall–Kier alpha value is -2.38. The van der Waals surface area contributed by atoms with E-state index < -0.39 is 0 Å². The minimum absolute atomic E-state index is 0.340. The van der Waals surface area contributed by atoms with Crippen molar-refractivity contribution in [1.29, 1.82) is 0 Å². The predicted molar refractivity (Wildman–Crippen MR) is 111 cm³/mol. The van der Waals surface area contributed by atoms with Crippen LogP contribution in [-0.2, 0) is 16.0 Å². The second-order valence-electron chi connectivity index (χ2n) is 6.88. The standard InChI is InChI=1S/C21H31N5O2/c1-22-21(25-13-9-19(10-14-25)28-16-6-15-27-2)23-17-18-7-3-4-8-20(18)26-12-5-11-24-26/h3-5,7-8,11-12,19H,6,9-10,13-17H2,1-2H3,(H,22,23). The van der Waals surface area contributed by atoms with Gasteiger partial charge >= 0.3 is 0 Å². The van der Waals surface area contributed by atoms with Gasteiger partial charge in [-0.3, -0.25) is 4.99 Å². The van der Waals surface area contributed by atoms with Crippen molar-refractivity contribution in [3.63, 3.8) is 0 Å². The summed E-state index contributed by atoms with van der Waals surface area (Å²) in [5.41, 5.74) is 2.27. The Kier molecular flexibility index (Phi) is 7.87. The molecule has 1 aliphatic heterocycles. The van der Waals surface area contributed by atoms with E-state index in [1.807, 2.05) is 30.1 Å². The summed E-state index contributed by atoms with van der Waals surface area (Å²) in [7, 11) is 3.57. The molecule has 0 radical (unpaired) electrons. The molecular formula is C21H31N5O2. The third-order valence-electron chi connectivity index (χ3n) is 4.98. The van der Waals surface area contributed by atoms with Crippen LogP contribution in [0.15, 0.2) is 47.7 Å². The monoisotopic (exact) mass is 385 g/mol. The number of hydrogen-bond acceptors (Lipinski definition) is 4. The van der Waals surface area contributed by atoms with Gasteiger partial charge in [0.25, 0.3) is 0 Å². The molecule has 1 aromatic heterocycles. The number of ether oxygens (including phenoxy) is 2. The number of hydrogen-bond donors (Lipinski definition) is 1. The first-order valence-electron chi connectivity index (χ1n) is 9.96. The highest BCUT2D eigenvalue weighted by Crippen LogP contribution is 2.16. The molecule has 1 saturated heterocycles. The fourth-order valence-corrected chi connectivity index (χ4v) is 3.49. The number of para-hydroxylation sites is 1. The summed E-state index contributed by atoms with van der Waals surface area (Å²) < 4.78 is 12.9. The Morgan fingerprint density at radius 3 is 2.75 bits per heavy atom. The fourth-order valence-electron chi connectivity index (χ4n) is 3.49. The molecule has 7 heteroatoms. The van der Waals surface area contributed by atoms with Crippen molar-refractivity contribution < 1.29 is 9.47 Å². The largest absolute Gasteiger partial charge is 0.385 e. The first kappa shape index (κ1) is 20.4. The van der Waals surface area contributed by atoms with E-state index in [0.29, 0.717) is 12.6 Å². The lowest BCUT2D eigenvalue weighted by Crippen LogP contribution is -2.46. The molecule has 28 heavy (non-hydrogen) atoms. The van der Waals surface area contributed by atoms with Gasteiger partial charge in [0, 0.05) is 59.4 Å². The minimum atomic E-state index is 0.340. The van der Waals surface area contributed by atoms with Crippen LogP contribution in [0.5, 0.6) is 0 Å². The molecule has 1 N–H and O–H groups in total.